The largest absolute Gasteiger partial charge is 0.481 e. The molecule has 1 aliphatic rings. The molecule has 1 aromatic rings. The van der Waals surface area contributed by atoms with Gasteiger partial charge in [0, 0.05) is 5.92 Å². The first-order chi connectivity index (χ1) is 8.09. The van der Waals surface area contributed by atoms with Crippen LogP contribution < -0.4 is 0 Å². The van der Waals surface area contributed by atoms with Gasteiger partial charge in [-0.05, 0) is 18.4 Å². The minimum atomic E-state index is -1.43. The molecule has 0 amide bonds. The summed E-state index contributed by atoms with van der Waals surface area (Å²) in [7, 11) is 0. The van der Waals surface area contributed by atoms with E-state index >= 15 is 0 Å². The average molecular weight is 240 g/mol. The number of hydrogen-bond acceptors (Lipinski definition) is 1. The SMILES string of the molecule is O=C(O)C1CC(F)C(c2ccccc2)C(F)C1. The van der Waals surface area contributed by atoms with Gasteiger partial charge < -0.3 is 5.11 Å². The van der Waals surface area contributed by atoms with Gasteiger partial charge in [0.25, 0.3) is 0 Å². The molecule has 2 rings (SSSR count). The molecule has 2 atom stereocenters. The van der Waals surface area contributed by atoms with Crippen LogP contribution in [0.3, 0.4) is 0 Å². The van der Waals surface area contributed by atoms with Crippen LogP contribution >= 0.6 is 0 Å². The standard InChI is InChI=1S/C13H14F2O2/c14-10-6-9(13(16)17)7-11(15)12(10)8-4-2-1-3-5-8/h1-5,9-12H,6-7H2,(H,16,17). The molecule has 1 fully saturated rings. The summed E-state index contributed by atoms with van der Waals surface area (Å²) in [5.74, 6) is -2.84. The average Bonchev–Trinajstić information content (AvgIpc) is 2.29. The van der Waals surface area contributed by atoms with Gasteiger partial charge in [-0.2, -0.15) is 0 Å². The van der Waals surface area contributed by atoms with Gasteiger partial charge in [0.15, 0.2) is 0 Å². The van der Waals surface area contributed by atoms with Gasteiger partial charge in [-0.3, -0.25) is 4.79 Å². The van der Waals surface area contributed by atoms with Crippen LogP contribution in [0.5, 0.6) is 0 Å². The molecule has 2 unspecified atom stereocenters. The van der Waals surface area contributed by atoms with E-state index in [4.69, 9.17) is 5.11 Å². The van der Waals surface area contributed by atoms with Crippen molar-refractivity contribution in [3.8, 4) is 0 Å². The van der Waals surface area contributed by atoms with Crippen molar-refractivity contribution in [1.29, 1.82) is 0 Å². The summed E-state index contributed by atoms with van der Waals surface area (Å²) >= 11 is 0. The maximum Gasteiger partial charge on any atom is 0.306 e. The molecule has 1 saturated carbocycles. The summed E-state index contributed by atoms with van der Waals surface area (Å²) in [6.45, 7) is 0. The fourth-order valence-electron chi connectivity index (χ4n) is 2.45. The van der Waals surface area contributed by atoms with E-state index in [2.05, 4.69) is 0 Å². The Bertz CT molecular complexity index is 382. The molecule has 1 N–H and O–H groups in total. The Morgan fingerprint density at radius 1 is 1.12 bits per heavy atom. The lowest BCUT2D eigenvalue weighted by atomic mass is 9.76. The fraction of sp³-hybridized carbons (Fsp3) is 0.462. The van der Waals surface area contributed by atoms with Crippen LogP contribution in [-0.2, 0) is 4.79 Å². The lowest BCUT2D eigenvalue weighted by Crippen LogP contribution is -2.36. The summed E-state index contributed by atoms with van der Waals surface area (Å²) in [6.07, 6.45) is -3.06. The molecule has 0 aromatic heterocycles. The highest BCUT2D eigenvalue weighted by molar-refractivity contribution is 5.70. The van der Waals surface area contributed by atoms with Crippen LogP contribution in [0.1, 0.15) is 24.3 Å². The molecule has 0 aliphatic heterocycles. The third-order valence-electron chi connectivity index (χ3n) is 3.33. The number of benzene rings is 1. The van der Waals surface area contributed by atoms with Crippen molar-refractivity contribution in [3.63, 3.8) is 0 Å². The third kappa shape index (κ3) is 2.46. The van der Waals surface area contributed by atoms with Crippen LogP contribution in [-0.4, -0.2) is 23.4 Å². The number of halogens is 2. The molecule has 0 saturated heterocycles. The third-order valence-corrected chi connectivity index (χ3v) is 3.33. The Labute approximate surface area is 98.3 Å². The zero-order valence-electron chi connectivity index (χ0n) is 9.22. The highest BCUT2D eigenvalue weighted by Crippen LogP contribution is 2.39. The van der Waals surface area contributed by atoms with Crippen molar-refractivity contribution in [2.24, 2.45) is 5.92 Å². The second kappa shape index (κ2) is 4.82. The summed E-state index contributed by atoms with van der Waals surface area (Å²) in [6, 6.07) is 8.62. The van der Waals surface area contributed by atoms with Gasteiger partial charge in [-0.1, -0.05) is 30.3 Å². The topological polar surface area (TPSA) is 37.3 Å². The number of hydrogen-bond donors (Lipinski definition) is 1. The van der Waals surface area contributed by atoms with Gasteiger partial charge in [-0.15, -0.1) is 0 Å². The highest BCUT2D eigenvalue weighted by atomic mass is 19.1. The normalized spacial score (nSPS) is 33.3. The molecule has 92 valence electrons. The quantitative estimate of drug-likeness (QED) is 0.863. The van der Waals surface area contributed by atoms with Gasteiger partial charge in [0.05, 0.1) is 5.92 Å². The number of carbonyl (C=O) groups is 1. The lowest BCUT2D eigenvalue weighted by Gasteiger charge is -2.33. The molecule has 2 nitrogen and oxygen atoms in total. The van der Waals surface area contributed by atoms with E-state index in [9.17, 15) is 13.6 Å². The van der Waals surface area contributed by atoms with Crippen LogP contribution in [0, 0.1) is 5.92 Å². The monoisotopic (exact) mass is 240 g/mol. The lowest BCUT2D eigenvalue weighted by molar-refractivity contribution is -0.144. The molecule has 0 bridgehead atoms. The number of carboxylic acids is 1. The van der Waals surface area contributed by atoms with Gasteiger partial charge in [0.1, 0.15) is 12.3 Å². The highest BCUT2D eigenvalue weighted by Gasteiger charge is 2.41. The van der Waals surface area contributed by atoms with E-state index in [1.807, 2.05) is 0 Å². The Morgan fingerprint density at radius 2 is 1.65 bits per heavy atom. The van der Waals surface area contributed by atoms with E-state index in [0.717, 1.165) is 0 Å². The molecule has 1 aliphatic carbocycles. The zero-order chi connectivity index (χ0) is 12.4. The zero-order valence-corrected chi connectivity index (χ0v) is 9.22. The minimum absolute atomic E-state index is 0.102. The Hall–Kier alpha value is -1.45. The minimum Gasteiger partial charge on any atom is -0.481 e. The van der Waals surface area contributed by atoms with Crippen LogP contribution in [0.2, 0.25) is 0 Å². The summed E-state index contributed by atoms with van der Waals surface area (Å²) in [5.41, 5.74) is 0.608. The summed E-state index contributed by atoms with van der Waals surface area (Å²) in [4.78, 5) is 10.8. The van der Waals surface area contributed by atoms with Crippen molar-refractivity contribution in [1.82, 2.24) is 0 Å². The van der Waals surface area contributed by atoms with E-state index in [1.54, 1.807) is 30.3 Å². The van der Waals surface area contributed by atoms with Gasteiger partial charge >= 0.3 is 5.97 Å². The van der Waals surface area contributed by atoms with Crippen molar-refractivity contribution in [3.05, 3.63) is 35.9 Å². The van der Waals surface area contributed by atoms with Crippen LogP contribution in [0.4, 0.5) is 8.78 Å². The molecular weight excluding hydrogens is 226 g/mol. The fourth-order valence-corrected chi connectivity index (χ4v) is 2.45. The molecular formula is C13H14F2O2. The first kappa shape index (κ1) is 12.0. The Balaban J connectivity index is 2.18. The first-order valence-corrected chi connectivity index (χ1v) is 5.65. The molecule has 1 aromatic carbocycles. The van der Waals surface area contributed by atoms with Crippen LogP contribution in [0.25, 0.3) is 0 Å². The molecule has 17 heavy (non-hydrogen) atoms. The smallest absolute Gasteiger partial charge is 0.306 e. The second-order valence-corrected chi connectivity index (χ2v) is 4.48. The number of alkyl halides is 2. The molecule has 0 heterocycles. The maximum absolute atomic E-state index is 13.9. The second-order valence-electron chi connectivity index (χ2n) is 4.48. The Kier molecular flexibility index (Phi) is 3.41. The van der Waals surface area contributed by atoms with Crippen LogP contribution in [0.15, 0.2) is 30.3 Å². The maximum atomic E-state index is 13.9. The van der Waals surface area contributed by atoms with E-state index in [0.29, 0.717) is 5.56 Å². The van der Waals surface area contributed by atoms with E-state index in [-0.39, 0.29) is 12.8 Å². The predicted molar refractivity (Wildman–Crippen MR) is 59.3 cm³/mol. The summed E-state index contributed by atoms with van der Waals surface area (Å²) < 4.78 is 27.8. The molecule has 4 heteroatoms. The van der Waals surface area contributed by atoms with Gasteiger partial charge in [0.2, 0.25) is 0 Å². The van der Waals surface area contributed by atoms with Crippen molar-refractivity contribution < 1.29 is 18.7 Å². The number of aliphatic carboxylic acids is 1. The van der Waals surface area contributed by atoms with Crippen molar-refractivity contribution in [2.75, 3.05) is 0 Å². The molecule has 0 spiro atoms. The molecule has 0 radical (unpaired) electrons. The van der Waals surface area contributed by atoms with Crippen molar-refractivity contribution in [2.45, 2.75) is 31.1 Å². The number of carboxylic acid groups (broad SMARTS) is 1. The Morgan fingerprint density at radius 3 is 2.12 bits per heavy atom. The number of rotatable bonds is 2. The van der Waals surface area contributed by atoms with Crippen molar-refractivity contribution >= 4 is 5.97 Å². The predicted octanol–water partition coefficient (Wildman–Crippen LogP) is 2.94. The van der Waals surface area contributed by atoms with Gasteiger partial charge in [-0.25, -0.2) is 8.78 Å². The van der Waals surface area contributed by atoms with E-state index in [1.165, 1.54) is 0 Å². The summed E-state index contributed by atoms with van der Waals surface area (Å²) in [5, 5.41) is 8.80. The first-order valence-electron chi connectivity index (χ1n) is 5.65. The van der Waals surface area contributed by atoms with E-state index < -0.39 is 30.1 Å².